The van der Waals surface area contributed by atoms with Crippen LogP contribution in [-0.4, -0.2) is 40.5 Å². The molecule has 0 aromatic heterocycles. The third kappa shape index (κ3) is 1.98. The van der Waals surface area contributed by atoms with Gasteiger partial charge in [-0.2, -0.15) is 0 Å². The van der Waals surface area contributed by atoms with Crippen LogP contribution >= 0.6 is 0 Å². The molecule has 2 atom stereocenters. The van der Waals surface area contributed by atoms with Crippen molar-refractivity contribution in [1.29, 1.82) is 0 Å². The third-order valence-corrected chi connectivity index (χ3v) is 2.24. The quantitative estimate of drug-likeness (QED) is 0.563. The van der Waals surface area contributed by atoms with E-state index < -0.39 is 12.0 Å². The average molecular weight is 187 g/mol. The first-order chi connectivity index (χ1) is 6.04. The zero-order valence-corrected chi connectivity index (χ0v) is 7.69. The maximum atomic E-state index is 11.5. The molecule has 5 heteroatoms. The summed E-state index contributed by atoms with van der Waals surface area (Å²) in [6, 6.07) is -0.989. The molecular formula is C8H15N2O3+. The van der Waals surface area contributed by atoms with Gasteiger partial charge in [-0.25, -0.2) is 4.79 Å². The van der Waals surface area contributed by atoms with E-state index in [1.165, 1.54) is 4.90 Å². The number of aliphatic carboxylic acids is 1. The molecule has 1 aliphatic heterocycles. The maximum absolute atomic E-state index is 11.5. The van der Waals surface area contributed by atoms with Crippen LogP contribution < -0.4 is 5.73 Å². The Morgan fingerprint density at radius 2 is 2.23 bits per heavy atom. The fourth-order valence-electron chi connectivity index (χ4n) is 1.57. The first-order valence-electron chi connectivity index (χ1n) is 4.40. The zero-order valence-electron chi connectivity index (χ0n) is 7.69. The van der Waals surface area contributed by atoms with Crippen LogP contribution in [0.3, 0.4) is 0 Å². The Labute approximate surface area is 76.5 Å². The average Bonchev–Trinajstić information content (AvgIpc) is 2.50. The van der Waals surface area contributed by atoms with Crippen molar-refractivity contribution < 1.29 is 20.4 Å². The van der Waals surface area contributed by atoms with Crippen molar-refractivity contribution in [2.45, 2.75) is 31.8 Å². The Bertz CT molecular complexity index is 227. The lowest BCUT2D eigenvalue weighted by Crippen LogP contribution is -2.67. The predicted octanol–water partition coefficient (Wildman–Crippen LogP) is -1.31. The first kappa shape index (κ1) is 9.98. The minimum atomic E-state index is -0.911. The van der Waals surface area contributed by atoms with E-state index in [0.717, 1.165) is 6.42 Å². The molecule has 0 unspecified atom stereocenters. The summed E-state index contributed by atoms with van der Waals surface area (Å²) in [6.45, 7) is 2.23. The van der Waals surface area contributed by atoms with Crippen molar-refractivity contribution in [3.63, 3.8) is 0 Å². The fraction of sp³-hybridized carbons (Fsp3) is 0.750. The van der Waals surface area contributed by atoms with E-state index in [9.17, 15) is 9.59 Å². The molecule has 0 aromatic carbocycles. The van der Waals surface area contributed by atoms with Gasteiger partial charge in [0.1, 0.15) is 6.04 Å². The molecular weight excluding hydrogens is 172 g/mol. The van der Waals surface area contributed by atoms with E-state index in [1.54, 1.807) is 6.92 Å². The Balaban J connectivity index is 2.68. The van der Waals surface area contributed by atoms with Gasteiger partial charge < -0.3 is 15.7 Å². The van der Waals surface area contributed by atoms with Gasteiger partial charge in [0.2, 0.25) is 0 Å². The van der Waals surface area contributed by atoms with E-state index in [2.05, 4.69) is 5.73 Å². The molecule has 5 nitrogen and oxygen atoms in total. The van der Waals surface area contributed by atoms with E-state index in [-0.39, 0.29) is 11.9 Å². The summed E-state index contributed by atoms with van der Waals surface area (Å²) in [4.78, 5) is 23.6. The number of carboxylic acid groups (broad SMARTS) is 1. The molecule has 1 saturated heterocycles. The topological polar surface area (TPSA) is 85.3 Å². The van der Waals surface area contributed by atoms with Crippen LogP contribution in [0, 0.1) is 0 Å². The van der Waals surface area contributed by atoms with E-state index in [0.29, 0.717) is 13.0 Å². The van der Waals surface area contributed by atoms with Crippen molar-refractivity contribution >= 4 is 11.9 Å². The van der Waals surface area contributed by atoms with Crippen LogP contribution in [0.15, 0.2) is 0 Å². The molecule has 1 heterocycles. The number of amides is 1. The number of likely N-dealkylation sites (tertiary alicyclic amines) is 1. The summed E-state index contributed by atoms with van der Waals surface area (Å²) in [7, 11) is 0. The standard InChI is InChI=1S/C8H14N2O3/c1-5(9)7(11)10-4-2-3-6(10)8(12)13/h5-6H,2-4,9H2,1H3,(H,12,13)/p+1/t5-,6-/m0/s1. The van der Waals surface area contributed by atoms with E-state index in [1.807, 2.05) is 0 Å². The second-order valence-electron chi connectivity index (χ2n) is 3.43. The highest BCUT2D eigenvalue weighted by molar-refractivity contribution is 5.86. The molecule has 0 spiro atoms. The van der Waals surface area contributed by atoms with E-state index in [4.69, 9.17) is 5.11 Å². The monoisotopic (exact) mass is 187 g/mol. The lowest BCUT2D eigenvalue weighted by atomic mass is 10.2. The summed E-state index contributed by atoms with van der Waals surface area (Å²) in [5.41, 5.74) is 3.59. The van der Waals surface area contributed by atoms with Gasteiger partial charge in [0, 0.05) is 6.54 Å². The number of nitrogens with zero attached hydrogens (tertiary/aromatic N) is 1. The molecule has 74 valence electrons. The maximum Gasteiger partial charge on any atom is 0.326 e. The zero-order chi connectivity index (χ0) is 10.0. The number of hydrogen-bond acceptors (Lipinski definition) is 2. The Kier molecular flexibility index (Phi) is 2.87. The molecule has 0 bridgehead atoms. The largest absolute Gasteiger partial charge is 0.480 e. The molecule has 4 N–H and O–H groups in total. The van der Waals surface area contributed by atoms with Crippen LogP contribution in [0.2, 0.25) is 0 Å². The van der Waals surface area contributed by atoms with Crippen molar-refractivity contribution in [3.05, 3.63) is 0 Å². The van der Waals surface area contributed by atoms with Crippen molar-refractivity contribution in [2.75, 3.05) is 6.54 Å². The summed E-state index contributed by atoms with van der Waals surface area (Å²) in [6.07, 6.45) is 1.34. The highest BCUT2D eigenvalue weighted by atomic mass is 16.4. The fourth-order valence-corrected chi connectivity index (χ4v) is 1.57. The number of carboxylic acids is 1. The van der Waals surface area contributed by atoms with Gasteiger partial charge in [-0.05, 0) is 19.8 Å². The number of rotatable bonds is 2. The minimum absolute atomic E-state index is 0.162. The highest BCUT2D eigenvalue weighted by Crippen LogP contribution is 2.17. The lowest BCUT2D eigenvalue weighted by molar-refractivity contribution is -0.400. The molecule has 0 saturated carbocycles. The number of carbonyl (C=O) groups excluding carboxylic acids is 1. The molecule has 1 amide bonds. The van der Waals surface area contributed by atoms with Crippen LogP contribution in [0.25, 0.3) is 0 Å². The highest BCUT2D eigenvalue weighted by Gasteiger charge is 2.35. The minimum Gasteiger partial charge on any atom is -0.480 e. The Morgan fingerprint density at radius 1 is 1.62 bits per heavy atom. The molecule has 0 aliphatic carbocycles. The van der Waals surface area contributed by atoms with Crippen molar-refractivity contribution in [1.82, 2.24) is 4.90 Å². The third-order valence-electron chi connectivity index (χ3n) is 2.24. The summed E-state index contributed by atoms with van der Waals surface area (Å²) < 4.78 is 0. The summed E-state index contributed by atoms with van der Waals surface area (Å²) in [5.74, 6) is -1.07. The summed E-state index contributed by atoms with van der Waals surface area (Å²) in [5, 5.41) is 8.80. The molecule has 1 rings (SSSR count). The smallest absolute Gasteiger partial charge is 0.326 e. The molecule has 0 aromatic rings. The van der Waals surface area contributed by atoms with Gasteiger partial charge >= 0.3 is 5.97 Å². The van der Waals surface area contributed by atoms with Crippen LogP contribution in [0.5, 0.6) is 0 Å². The molecule has 13 heavy (non-hydrogen) atoms. The number of quaternary nitrogens is 1. The van der Waals surface area contributed by atoms with Crippen LogP contribution in [0.1, 0.15) is 19.8 Å². The predicted molar refractivity (Wildman–Crippen MR) is 44.7 cm³/mol. The van der Waals surface area contributed by atoms with Gasteiger partial charge in [-0.15, -0.1) is 0 Å². The van der Waals surface area contributed by atoms with Gasteiger partial charge in [0.05, 0.1) is 0 Å². The second kappa shape index (κ2) is 3.74. The molecule has 0 radical (unpaired) electrons. The molecule has 1 aliphatic rings. The van der Waals surface area contributed by atoms with Crippen molar-refractivity contribution in [2.24, 2.45) is 0 Å². The van der Waals surface area contributed by atoms with Crippen LogP contribution in [-0.2, 0) is 9.59 Å². The van der Waals surface area contributed by atoms with Crippen molar-refractivity contribution in [3.8, 4) is 0 Å². The Morgan fingerprint density at radius 3 is 2.69 bits per heavy atom. The van der Waals surface area contributed by atoms with E-state index >= 15 is 0 Å². The normalized spacial score (nSPS) is 24.5. The number of hydrogen-bond donors (Lipinski definition) is 2. The van der Waals surface area contributed by atoms with Gasteiger partial charge in [0.25, 0.3) is 5.91 Å². The molecule has 1 fully saturated rings. The van der Waals surface area contributed by atoms with Gasteiger partial charge in [-0.3, -0.25) is 4.79 Å². The lowest BCUT2D eigenvalue weighted by Gasteiger charge is -2.21. The SMILES string of the molecule is C[C@H]([NH3+])C(=O)N1CCC[C@H]1C(=O)O. The summed E-state index contributed by atoms with van der Waals surface area (Å²) >= 11 is 0. The van der Waals surface area contributed by atoms with Crippen LogP contribution in [0.4, 0.5) is 0 Å². The Hall–Kier alpha value is -1.10. The first-order valence-corrected chi connectivity index (χ1v) is 4.40. The van der Waals surface area contributed by atoms with Gasteiger partial charge in [-0.1, -0.05) is 0 Å². The number of carbonyl (C=O) groups is 2. The second-order valence-corrected chi connectivity index (χ2v) is 3.43. The van der Waals surface area contributed by atoms with Gasteiger partial charge in [0.15, 0.2) is 6.04 Å².